The summed E-state index contributed by atoms with van der Waals surface area (Å²) in [6.07, 6.45) is 4.94. The molecule has 0 radical (unpaired) electrons. The summed E-state index contributed by atoms with van der Waals surface area (Å²) < 4.78 is 0. The number of hydrogen-bond donors (Lipinski definition) is 3. The smallest absolute Gasteiger partial charge is 0.159 e. The number of H-pyrrole nitrogens is 2. The van der Waals surface area contributed by atoms with Gasteiger partial charge in [-0.3, -0.25) is 15.1 Å². The van der Waals surface area contributed by atoms with E-state index in [4.69, 9.17) is 4.98 Å². The van der Waals surface area contributed by atoms with Crippen LogP contribution >= 0.6 is 11.3 Å². The quantitative estimate of drug-likeness (QED) is 0.357. The van der Waals surface area contributed by atoms with Crippen molar-refractivity contribution in [2.45, 2.75) is 6.92 Å². The Morgan fingerprint density at radius 1 is 0.935 bits per heavy atom. The van der Waals surface area contributed by atoms with Gasteiger partial charge in [0.05, 0.1) is 22.1 Å². The van der Waals surface area contributed by atoms with E-state index in [1.807, 2.05) is 24.3 Å². The third-order valence-electron chi connectivity index (χ3n) is 5.22. The van der Waals surface area contributed by atoms with Crippen LogP contribution in [0.3, 0.4) is 0 Å². The van der Waals surface area contributed by atoms with Crippen molar-refractivity contribution in [2.24, 2.45) is 0 Å². The number of hydrogen-bond acceptors (Lipinski definition) is 6. The lowest BCUT2D eigenvalue weighted by atomic mass is 10.0. The second-order valence-corrected chi connectivity index (χ2v) is 8.60. The summed E-state index contributed by atoms with van der Waals surface area (Å²) in [5, 5.41) is 18.3. The fourth-order valence-electron chi connectivity index (χ4n) is 3.75. The molecule has 5 aromatic heterocycles. The molecule has 6 aromatic rings. The van der Waals surface area contributed by atoms with Crippen molar-refractivity contribution in [2.75, 3.05) is 0 Å². The van der Waals surface area contributed by atoms with E-state index in [9.17, 15) is 5.11 Å². The number of nitrogens with one attached hydrogen (secondary N) is 2. The predicted molar refractivity (Wildman–Crippen MR) is 122 cm³/mol. The number of fused-ring (bicyclic) bond motifs is 2. The maximum atomic E-state index is 9.78. The van der Waals surface area contributed by atoms with Crippen LogP contribution in [-0.2, 0) is 0 Å². The van der Waals surface area contributed by atoms with Crippen molar-refractivity contribution in [1.29, 1.82) is 0 Å². The lowest BCUT2D eigenvalue weighted by molar-refractivity contribution is 0.473. The van der Waals surface area contributed by atoms with Gasteiger partial charge in [0.25, 0.3) is 0 Å². The van der Waals surface area contributed by atoms with Gasteiger partial charge in [-0.25, -0.2) is 4.98 Å². The maximum absolute atomic E-state index is 9.78. The van der Waals surface area contributed by atoms with Gasteiger partial charge in [0, 0.05) is 28.2 Å². The number of imidazole rings is 1. The molecule has 0 amide bonds. The number of pyridine rings is 2. The van der Waals surface area contributed by atoms with Gasteiger partial charge in [0.15, 0.2) is 5.82 Å². The summed E-state index contributed by atoms with van der Waals surface area (Å²) in [5.74, 6) is 0.807. The van der Waals surface area contributed by atoms with Gasteiger partial charge in [-0.05, 0) is 48.9 Å². The highest BCUT2D eigenvalue weighted by Gasteiger charge is 2.17. The molecule has 0 aliphatic carbocycles. The van der Waals surface area contributed by atoms with Gasteiger partial charge in [-0.2, -0.15) is 5.10 Å². The average molecular weight is 424 g/mol. The van der Waals surface area contributed by atoms with Crippen LogP contribution in [0.25, 0.3) is 55.2 Å². The Balaban J connectivity index is 1.51. The van der Waals surface area contributed by atoms with E-state index in [0.717, 1.165) is 49.3 Å². The number of aryl methyl sites for hydroxylation is 1. The van der Waals surface area contributed by atoms with Gasteiger partial charge in [0.2, 0.25) is 0 Å². The number of rotatable bonds is 3. The second kappa shape index (κ2) is 6.75. The molecule has 0 saturated heterocycles. The van der Waals surface area contributed by atoms with Crippen molar-refractivity contribution in [3.05, 3.63) is 65.9 Å². The minimum atomic E-state index is 0.131. The first-order valence-corrected chi connectivity index (χ1v) is 10.5. The number of aromatic nitrogens is 6. The highest BCUT2D eigenvalue weighted by atomic mass is 32.1. The predicted octanol–water partition coefficient (Wildman–Crippen LogP) is 5.31. The normalized spacial score (nSPS) is 11.5. The molecule has 8 heteroatoms. The molecular weight excluding hydrogens is 408 g/mol. The van der Waals surface area contributed by atoms with E-state index in [-0.39, 0.29) is 5.75 Å². The molecular formula is C23H16N6OS. The molecule has 0 unspecified atom stereocenters. The van der Waals surface area contributed by atoms with Crippen LogP contribution < -0.4 is 0 Å². The van der Waals surface area contributed by atoms with Gasteiger partial charge in [0.1, 0.15) is 22.7 Å². The van der Waals surface area contributed by atoms with Gasteiger partial charge < -0.3 is 10.1 Å². The number of aromatic amines is 2. The van der Waals surface area contributed by atoms with E-state index >= 15 is 0 Å². The molecule has 0 saturated carbocycles. The molecule has 5 heterocycles. The van der Waals surface area contributed by atoms with Crippen LogP contribution in [-0.4, -0.2) is 35.2 Å². The molecule has 6 rings (SSSR count). The van der Waals surface area contributed by atoms with Crippen LogP contribution in [0, 0.1) is 6.92 Å². The SMILES string of the molecule is Cc1ccc(-c2nccc3[nH]c(-c4n[nH]c5ccc(-c6cncc(O)c6)cc45)nc23)s1. The summed E-state index contributed by atoms with van der Waals surface area (Å²) in [6, 6.07) is 13.8. The van der Waals surface area contributed by atoms with E-state index in [0.29, 0.717) is 5.82 Å². The fourth-order valence-corrected chi connectivity index (χ4v) is 4.61. The number of nitrogens with zero attached hydrogens (tertiary/aromatic N) is 4. The standard InChI is InChI=1S/C23H16N6OS/c1-12-2-5-19(31-12)22-21-18(6-7-25-22)26-23(27-21)20-16-9-13(3-4-17(16)28-29-20)14-8-15(30)11-24-10-14/h2-11,30H,1H3,(H,26,27)(H,28,29). The maximum Gasteiger partial charge on any atom is 0.159 e. The zero-order valence-corrected chi connectivity index (χ0v) is 17.2. The molecule has 0 bridgehead atoms. The Bertz CT molecular complexity index is 1580. The zero-order chi connectivity index (χ0) is 20.9. The molecule has 0 fully saturated rings. The summed E-state index contributed by atoms with van der Waals surface area (Å²) in [7, 11) is 0. The van der Waals surface area contributed by atoms with E-state index in [1.165, 1.54) is 11.1 Å². The Hall–Kier alpha value is -4.04. The number of benzene rings is 1. The van der Waals surface area contributed by atoms with E-state index in [1.54, 1.807) is 29.8 Å². The Labute approximate surface area is 180 Å². The van der Waals surface area contributed by atoms with Gasteiger partial charge in [-0.15, -0.1) is 11.3 Å². The molecule has 7 nitrogen and oxygen atoms in total. The third kappa shape index (κ3) is 2.96. The lowest BCUT2D eigenvalue weighted by Gasteiger charge is -2.02. The highest BCUT2D eigenvalue weighted by molar-refractivity contribution is 7.15. The first-order chi connectivity index (χ1) is 15.2. The van der Waals surface area contributed by atoms with Crippen LogP contribution in [0.15, 0.2) is 61.1 Å². The lowest BCUT2D eigenvalue weighted by Crippen LogP contribution is -1.84. The number of aromatic hydroxyl groups is 1. The molecule has 0 atom stereocenters. The summed E-state index contributed by atoms with van der Waals surface area (Å²) in [4.78, 5) is 19.2. The first kappa shape index (κ1) is 17.8. The molecule has 0 aliphatic heterocycles. The second-order valence-electron chi connectivity index (χ2n) is 7.32. The minimum absolute atomic E-state index is 0.131. The summed E-state index contributed by atoms with van der Waals surface area (Å²) in [5.41, 5.74) is 6.00. The topological polar surface area (TPSA) is 103 Å². The Morgan fingerprint density at radius 3 is 2.71 bits per heavy atom. The Kier molecular flexibility index (Phi) is 3.87. The van der Waals surface area contributed by atoms with Gasteiger partial charge in [-0.1, -0.05) is 6.07 Å². The average Bonchev–Trinajstić information content (AvgIpc) is 3.50. The summed E-state index contributed by atoms with van der Waals surface area (Å²) in [6.45, 7) is 2.08. The monoisotopic (exact) mass is 424 g/mol. The molecule has 150 valence electrons. The van der Waals surface area contributed by atoms with Crippen molar-refractivity contribution in [3.8, 4) is 39.0 Å². The number of thiophene rings is 1. The van der Waals surface area contributed by atoms with Crippen molar-refractivity contribution in [1.82, 2.24) is 30.1 Å². The minimum Gasteiger partial charge on any atom is -0.506 e. The Morgan fingerprint density at radius 2 is 1.87 bits per heavy atom. The van der Waals surface area contributed by atoms with E-state index < -0.39 is 0 Å². The fraction of sp³-hybridized carbons (Fsp3) is 0.0435. The van der Waals surface area contributed by atoms with Crippen molar-refractivity contribution < 1.29 is 5.11 Å². The first-order valence-electron chi connectivity index (χ1n) is 9.70. The third-order valence-corrected chi connectivity index (χ3v) is 6.23. The van der Waals surface area contributed by atoms with E-state index in [2.05, 4.69) is 44.2 Å². The van der Waals surface area contributed by atoms with Crippen LogP contribution in [0.4, 0.5) is 0 Å². The van der Waals surface area contributed by atoms with Gasteiger partial charge >= 0.3 is 0 Å². The molecule has 3 N–H and O–H groups in total. The van der Waals surface area contributed by atoms with Crippen molar-refractivity contribution in [3.63, 3.8) is 0 Å². The summed E-state index contributed by atoms with van der Waals surface area (Å²) >= 11 is 1.70. The molecule has 31 heavy (non-hydrogen) atoms. The molecule has 0 spiro atoms. The molecule has 1 aromatic carbocycles. The van der Waals surface area contributed by atoms with Crippen LogP contribution in [0.2, 0.25) is 0 Å². The largest absolute Gasteiger partial charge is 0.506 e. The molecule has 0 aliphatic rings. The zero-order valence-electron chi connectivity index (χ0n) is 16.4. The van der Waals surface area contributed by atoms with Crippen molar-refractivity contribution >= 4 is 33.3 Å². The highest BCUT2D eigenvalue weighted by Crippen LogP contribution is 2.34. The van der Waals surface area contributed by atoms with Crippen LogP contribution in [0.5, 0.6) is 5.75 Å². The van der Waals surface area contributed by atoms with Crippen LogP contribution in [0.1, 0.15) is 4.88 Å².